The lowest BCUT2D eigenvalue weighted by molar-refractivity contribution is 0.0904. The van der Waals surface area contributed by atoms with Gasteiger partial charge in [-0.1, -0.05) is 17.7 Å². The predicted molar refractivity (Wildman–Crippen MR) is 117 cm³/mol. The maximum Gasteiger partial charge on any atom is 0.216 e. The van der Waals surface area contributed by atoms with E-state index in [1.807, 2.05) is 26.8 Å². The molecule has 29 heavy (non-hydrogen) atoms. The zero-order valence-electron chi connectivity index (χ0n) is 17.5. The largest absolute Gasteiger partial charge is 0.378 e. The van der Waals surface area contributed by atoms with Crippen molar-refractivity contribution in [3.8, 4) is 0 Å². The summed E-state index contributed by atoms with van der Waals surface area (Å²) in [6.07, 6.45) is 2.56. The minimum absolute atomic E-state index is 0.0223. The van der Waals surface area contributed by atoms with Crippen LogP contribution in [-0.2, 0) is 21.2 Å². The number of aliphatic imine (C=N–C) groups is 1. The molecule has 1 aliphatic rings. The van der Waals surface area contributed by atoms with E-state index in [1.165, 1.54) is 0 Å². The standard InChI is InChI=1S/C19H32ClN5O3S/c1-4-21-19(22-8-7-17-5-6-18(20)23-15-17)24-9-11-25(12-10-24)29(26,27)14-13-28-16(2)3/h5-6,15-16H,4,7-14H2,1-3H3,(H,21,22). The third kappa shape index (κ3) is 8.08. The molecule has 0 radical (unpaired) electrons. The van der Waals surface area contributed by atoms with Crippen LogP contribution in [-0.4, -0.2) is 86.3 Å². The van der Waals surface area contributed by atoms with Crippen molar-refractivity contribution in [1.29, 1.82) is 0 Å². The Balaban J connectivity index is 1.87. The molecule has 1 fully saturated rings. The van der Waals surface area contributed by atoms with E-state index >= 15 is 0 Å². The van der Waals surface area contributed by atoms with E-state index in [4.69, 9.17) is 21.3 Å². The number of ether oxygens (including phenoxy) is 1. The van der Waals surface area contributed by atoms with E-state index in [2.05, 4.69) is 15.2 Å². The predicted octanol–water partition coefficient (Wildman–Crippen LogP) is 1.62. The van der Waals surface area contributed by atoms with Gasteiger partial charge in [-0.15, -0.1) is 0 Å². The summed E-state index contributed by atoms with van der Waals surface area (Å²) in [4.78, 5) is 10.9. The topological polar surface area (TPSA) is 87.1 Å². The maximum absolute atomic E-state index is 12.5. The number of hydrogen-bond acceptors (Lipinski definition) is 5. The first kappa shape index (κ1) is 23.9. The molecule has 10 heteroatoms. The number of hydrogen-bond donors (Lipinski definition) is 1. The molecule has 8 nitrogen and oxygen atoms in total. The van der Waals surface area contributed by atoms with Crippen LogP contribution >= 0.6 is 11.6 Å². The molecule has 1 aliphatic heterocycles. The molecule has 2 heterocycles. The number of halogens is 1. The van der Waals surface area contributed by atoms with Crippen LogP contribution in [0, 0.1) is 0 Å². The van der Waals surface area contributed by atoms with Crippen LogP contribution in [0.1, 0.15) is 26.3 Å². The summed E-state index contributed by atoms with van der Waals surface area (Å²) >= 11 is 5.82. The van der Waals surface area contributed by atoms with Crippen LogP contribution in [0.2, 0.25) is 5.15 Å². The summed E-state index contributed by atoms with van der Waals surface area (Å²) in [6.45, 7) is 9.55. The summed E-state index contributed by atoms with van der Waals surface area (Å²) in [6, 6.07) is 3.72. The Morgan fingerprint density at radius 1 is 1.31 bits per heavy atom. The molecule has 0 bridgehead atoms. The second kappa shape index (κ2) is 11.7. The Kier molecular flexibility index (Phi) is 9.61. The van der Waals surface area contributed by atoms with Crippen LogP contribution in [0.4, 0.5) is 0 Å². The van der Waals surface area contributed by atoms with Gasteiger partial charge in [0.1, 0.15) is 5.15 Å². The summed E-state index contributed by atoms with van der Waals surface area (Å²) in [5, 5.41) is 3.78. The number of sulfonamides is 1. The van der Waals surface area contributed by atoms with Crippen molar-refractivity contribution >= 4 is 27.6 Å². The average Bonchev–Trinajstić information content (AvgIpc) is 2.68. The summed E-state index contributed by atoms with van der Waals surface area (Å²) in [5.41, 5.74) is 1.08. The van der Waals surface area contributed by atoms with Crippen LogP contribution in [0.3, 0.4) is 0 Å². The number of nitrogens with one attached hydrogen (secondary N) is 1. The van der Waals surface area contributed by atoms with Crippen LogP contribution in [0.5, 0.6) is 0 Å². The van der Waals surface area contributed by atoms with Gasteiger partial charge in [0.15, 0.2) is 5.96 Å². The highest BCUT2D eigenvalue weighted by Crippen LogP contribution is 2.10. The van der Waals surface area contributed by atoms with Crippen LogP contribution in [0.15, 0.2) is 23.3 Å². The van der Waals surface area contributed by atoms with Crippen molar-refractivity contribution in [2.45, 2.75) is 33.3 Å². The molecule has 1 aromatic heterocycles. The van der Waals surface area contributed by atoms with Gasteiger partial charge in [-0.2, -0.15) is 4.31 Å². The first-order valence-electron chi connectivity index (χ1n) is 10.0. The fourth-order valence-electron chi connectivity index (χ4n) is 2.97. The van der Waals surface area contributed by atoms with E-state index in [1.54, 1.807) is 16.6 Å². The number of aromatic nitrogens is 1. The van der Waals surface area contributed by atoms with E-state index in [0.29, 0.717) is 37.9 Å². The summed E-state index contributed by atoms with van der Waals surface area (Å²) in [5.74, 6) is 0.837. The Morgan fingerprint density at radius 3 is 2.62 bits per heavy atom. The molecule has 0 atom stereocenters. The first-order chi connectivity index (χ1) is 13.8. The van der Waals surface area contributed by atoms with Crippen molar-refractivity contribution in [2.75, 3.05) is 51.6 Å². The van der Waals surface area contributed by atoms with Gasteiger partial charge in [0.25, 0.3) is 0 Å². The van der Waals surface area contributed by atoms with Crippen molar-refractivity contribution < 1.29 is 13.2 Å². The molecular weight excluding hydrogens is 414 g/mol. The Labute approximate surface area is 179 Å². The van der Waals surface area contributed by atoms with Gasteiger partial charge in [-0.05, 0) is 38.8 Å². The zero-order valence-corrected chi connectivity index (χ0v) is 19.0. The highest BCUT2D eigenvalue weighted by molar-refractivity contribution is 7.89. The van der Waals surface area contributed by atoms with Gasteiger partial charge in [0, 0.05) is 45.5 Å². The smallest absolute Gasteiger partial charge is 0.216 e. The molecule has 164 valence electrons. The fourth-order valence-corrected chi connectivity index (χ4v) is 4.36. The lowest BCUT2D eigenvalue weighted by Gasteiger charge is -2.36. The van der Waals surface area contributed by atoms with Gasteiger partial charge in [-0.25, -0.2) is 13.4 Å². The molecule has 1 aromatic rings. The Morgan fingerprint density at radius 2 is 2.03 bits per heavy atom. The number of guanidine groups is 1. The van der Waals surface area contributed by atoms with Crippen molar-refractivity contribution in [2.24, 2.45) is 4.99 Å². The Bertz CT molecular complexity index is 748. The summed E-state index contributed by atoms with van der Waals surface area (Å²) in [7, 11) is -3.29. The molecule has 0 aromatic carbocycles. The van der Waals surface area contributed by atoms with E-state index in [9.17, 15) is 8.42 Å². The van der Waals surface area contributed by atoms with Gasteiger partial charge in [0.2, 0.25) is 10.0 Å². The molecule has 0 saturated carbocycles. The first-order valence-corrected chi connectivity index (χ1v) is 12.0. The normalized spacial score (nSPS) is 16.4. The minimum Gasteiger partial charge on any atom is -0.378 e. The quantitative estimate of drug-likeness (QED) is 0.353. The second-order valence-electron chi connectivity index (χ2n) is 7.10. The van der Waals surface area contributed by atoms with Crippen molar-refractivity contribution in [1.82, 2.24) is 19.5 Å². The van der Waals surface area contributed by atoms with E-state index < -0.39 is 10.0 Å². The third-order valence-electron chi connectivity index (χ3n) is 4.51. The number of pyridine rings is 1. The highest BCUT2D eigenvalue weighted by Gasteiger charge is 2.27. The van der Waals surface area contributed by atoms with Crippen molar-refractivity contribution in [3.63, 3.8) is 0 Å². The summed E-state index contributed by atoms with van der Waals surface area (Å²) < 4.78 is 31.9. The van der Waals surface area contributed by atoms with Gasteiger partial charge in [-0.3, -0.25) is 4.99 Å². The molecule has 0 amide bonds. The monoisotopic (exact) mass is 445 g/mol. The minimum atomic E-state index is -3.29. The third-order valence-corrected chi connectivity index (χ3v) is 6.57. The SMILES string of the molecule is CCNC(=NCCc1ccc(Cl)nc1)N1CCN(S(=O)(=O)CCOC(C)C)CC1. The molecular formula is C19H32ClN5O3S. The average molecular weight is 446 g/mol. The van der Waals surface area contributed by atoms with E-state index in [0.717, 1.165) is 24.5 Å². The molecule has 1 saturated heterocycles. The van der Waals surface area contributed by atoms with Crippen molar-refractivity contribution in [3.05, 3.63) is 29.0 Å². The van der Waals surface area contributed by atoms with Gasteiger partial charge >= 0.3 is 0 Å². The molecule has 0 spiro atoms. The molecule has 2 rings (SSSR count). The Hall–Kier alpha value is -1.42. The molecule has 0 unspecified atom stereocenters. The molecule has 1 N–H and O–H groups in total. The van der Waals surface area contributed by atoms with Crippen LogP contribution in [0.25, 0.3) is 0 Å². The van der Waals surface area contributed by atoms with E-state index in [-0.39, 0.29) is 18.5 Å². The lowest BCUT2D eigenvalue weighted by atomic mass is 10.2. The van der Waals surface area contributed by atoms with Gasteiger partial charge in [0.05, 0.1) is 18.5 Å². The van der Waals surface area contributed by atoms with Gasteiger partial charge < -0.3 is 15.0 Å². The maximum atomic E-state index is 12.5. The number of piperazine rings is 1. The number of nitrogens with zero attached hydrogens (tertiary/aromatic N) is 4. The second-order valence-corrected chi connectivity index (χ2v) is 9.57. The lowest BCUT2D eigenvalue weighted by Crippen LogP contribution is -2.54. The van der Waals surface area contributed by atoms with Crippen LogP contribution < -0.4 is 5.32 Å². The fraction of sp³-hybridized carbons (Fsp3) is 0.684. The molecule has 0 aliphatic carbocycles. The number of rotatable bonds is 9. The zero-order chi connectivity index (χ0) is 21.3. The highest BCUT2D eigenvalue weighted by atomic mass is 35.5.